The van der Waals surface area contributed by atoms with Crippen LogP contribution in [0.3, 0.4) is 0 Å². The Morgan fingerprint density at radius 3 is 2.83 bits per heavy atom. The van der Waals surface area contributed by atoms with Crippen LogP contribution in [-0.2, 0) is 11.3 Å². The lowest BCUT2D eigenvalue weighted by Crippen LogP contribution is -2.39. The standard InChI is InChI=1S/C14H18BrNO2/c1-10(2)13(15)14(17)16-7-8-18-12-6-4-3-5-11(12)9-16/h3-6,10,13H,7-9H2,1-2H3. The second-order valence-electron chi connectivity index (χ2n) is 4.86. The van der Waals surface area contributed by atoms with Crippen molar-refractivity contribution in [1.29, 1.82) is 0 Å². The summed E-state index contributed by atoms with van der Waals surface area (Å²) in [4.78, 5) is 14.1. The van der Waals surface area contributed by atoms with E-state index in [2.05, 4.69) is 15.9 Å². The number of alkyl halides is 1. The van der Waals surface area contributed by atoms with Crippen LogP contribution in [0.4, 0.5) is 0 Å². The van der Waals surface area contributed by atoms with E-state index in [9.17, 15) is 4.79 Å². The molecule has 1 aliphatic heterocycles. The minimum atomic E-state index is -0.122. The van der Waals surface area contributed by atoms with Crippen LogP contribution in [0.15, 0.2) is 24.3 Å². The van der Waals surface area contributed by atoms with Crippen LogP contribution in [-0.4, -0.2) is 28.8 Å². The summed E-state index contributed by atoms with van der Waals surface area (Å²) in [6, 6.07) is 7.90. The fourth-order valence-electron chi connectivity index (χ4n) is 1.97. The topological polar surface area (TPSA) is 29.5 Å². The summed E-state index contributed by atoms with van der Waals surface area (Å²) < 4.78 is 5.66. The maximum atomic E-state index is 12.3. The first kappa shape index (κ1) is 13.4. The van der Waals surface area contributed by atoms with Crippen molar-refractivity contribution >= 4 is 21.8 Å². The predicted octanol–water partition coefficient (Wildman–Crippen LogP) is 2.83. The van der Waals surface area contributed by atoms with Crippen LogP contribution >= 0.6 is 15.9 Å². The Bertz CT molecular complexity index is 434. The molecule has 0 saturated heterocycles. The summed E-state index contributed by atoms with van der Waals surface area (Å²) in [6.07, 6.45) is 0. The van der Waals surface area contributed by atoms with E-state index in [1.54, 1.807) is 0 Å². The highest BCUT2D eigenvalue weighted by Crippen LogP contribution is 2.24. The molecular formula is C14H18BrNO2. The van der Waals surface area contributed by atoms with Gasteiger partial charge < -0.3 is 9.64 Å². The number of carbonyl (C=O) groups excluding carboxylic acids is 1. The molecule has 18 heavy (non-hydrogen) atoms. The van der Waals surface area contributed by atoms with Gasteiger partial charge in [0.05, 0.1) is 11.4 Å². The molecule has 1 amide bonds. The molecule has 0 spiro atoms. The molecule has 0 fully saturated rings. The lowest BCUT2D eigenvalue weighted by molar-refractivity contribution is -0.131. The summed E-state index contributed by atoms with van der Waals surface area (Å²) in [7, 11) is 0. The fourth-order valence-corrected chi connectivity index (χ4v) is 2.26. The summed E-state index contributed by atoms with van der Waals surface area (Å²) in [5, 5.41) is 0. The first-order valence-electron chi connectivity index (χ1n) is 6.23. The lowest BCUT2D eigenvalue weighted by Gasteiger charge is -2.24. The Balaban J connectivity index is 2.15. The van der Waals surface area contributed by atoms with Gasteiger partial charge in [0, 0.05) is 12.1 Å². The van der Waals surface area contributed by atoms with E-state index in [-0.39, 0.29) is 16.7 Å². The van der Waals surface area contributed by atoms with Crippen molar-refractivity contribution in [3.8, 4) is 5.75 Å². The largest absolute Gasteiger partial charge is 0.491 e. The van der Waals surface area contributed by atoms with Crippen LogP contribution in [0.1, 0.15) is 19.4 Å². The number of nitrogens with zero attached hydrogens (tertiary/aromatic N) is 1. The molecule has 98 valence electrons. The zero-order chi connectivity index (χ0) is 13.1. The van der Waals surface area contributed by atoms with Crippen molar-refractivity contribution in [3.05, 3.63) is 29.8 Å². The highest BCUT2D eigenvalue weighted by atomic mass is 79.9. The van der Waals surface area contributed by atoms with Crippen molar-refractivity contribution in [2.45, 2.75) is 25.2 Å². The molecule has 0 N–H and O–H groups in total. The zero-order valence-electron chi connectivity index (χ0n) is 10.7. The molecule has 1 heterocycles. The Morgan fingerprint density at radius 1 is 1.39 bits per heavy atom. The molecule has 0 aliphatic carbocycles. The number of hydrogen-bond acceptors (Lipinski definition) is 2. The van der Waals surface area contributed by atoms with Crippen LogP contribution in [0.5, 0.6) is 5.75 Å². The summed E-state index contributed by atoms with van der Waals surface area (Å²) in [5.74, 6) is 1.32. The molecule has 1 atom stereocenters. The molecular weight excluding hydrogens is 294 g/mol. The second kappa shape index (κ2) is 5.74. The van der Waals surface area contributed by atoms with Crippen molar-refractivity contribution < 1.29 is 9.53 Å². The van der Waals surface area contributed by atoms with Gasteiger partial charge >= 0.3 is 0 Å². The number of halogens is 1. The minimum absolute atomic E-state index is 0.122. The molecule has 0 radical (unpaired) electrons. The van der Waals surface area contributed by atoms with Crippen molar-refractivity contribution in [3.63, 3.8) is 0 Å². The van der Waals surface area contributed by atoms with Gasteiger partial charge in [-0.15, -0.1) is 0 Å². The average molecular weight is 312 g/mol. The number of amides is 1. The van der Waals surface area contributed by atoms with E-state index in [0.29, 0.717) is 19.7 Å². The van der Waals surface area contributed by atoms with E-state index in [1.807, 2.05) is 43.0 Å². The molecule has 1 aromatic carbocycles. The number of para-hydroxylation sites is 1. The van der Waals surface area contributed by atoms with Gasteiger partial charge in [0.25, 0.3) is 0 Å². The van der Waals surface area contributed by atoms with Crippen molar-refractivity contribution in [2.75, 3.05) is 13.2 Å². The fraction of sp³-hybridized carbons (Fsp3) is 0.500. The van der Waals surface area contributed by atoms with Gasteiger partial charge in [0.1, 0.15) is 12.4 Å². The molecule has 2 rings (SSSR count). The Morgan fingerprint density at radius 2 is 2.11 bits per heavy atom. The van der Waals surface area contributed by atoms with Crippen molar-refractivity contribution in [1.82, 2.24) is 4.90 Å². The maximum absolute atomic E-state index is 12.3. The number of rotatable bonds is 2. The van der Waals surface area contributed by atoms with Gasteiger partial charge in [0.15, 0.2) is 0 Å². The van der Waals surface area contributed by atoms with E-state index >= 15 is 0 Å². The summed E-state index contributed by atoms with van der Waals surface area (Å²) >= 11 is 3.48. The Labute approximate surface area is 116 Å². The third-order valence-corrected chi connectivity index (χ3v) is 4.53. The zero-order valence-corrected chi connectivity index (χ0v) is 12.3. The van der Waals surface area contributed by atoms with Crippen LogP contribution in [0.2, 0.25) is 0 Å². The molecule has 1 unspecified atom stereocenters. The summed E-state index contributed by atoms with van der Waals surface area (Å²) in [5.41, 5.74) is 1.08. The molecule has 1 aromatic rings. The highest BCUT2D eigenvalue weighted by molar-refractivity contribution is 9.10. The van der Waals surface area contributed by atoms with E-state index in [4.69, 9.17) is 4.74 Å². The van der Waals surface area contributed by atoms with E-state index in [1.165, 1.54) is 0 Å². The second-order valence-corrected chi connectivity index (χ2v) is 5.85. The van der Waals surface area contributed by atoms with Gasteiger partial charge in [-0.25, -0.2) is 0 Å². The van der Waals surface area contributed by atoms with Crippen molar-refractivity contribution in [2.24, 2.45) is 5.92 Å². The minimum Gasteiger partial charge on any atom is -0.491 e. The molecule has 0 aromatic heterocycles. The number of carbonyl (C=O) groups is 1. The summed E-state index contributed by atoms with van der Waals surface area (Å²) in [6.45, 7) is 5.91. The van der Waals surface area contributed by atoms with E-state index < -0.39 is 0 Å². The maximum Gasteiger partial charge on any atom is 0.237 e. The predicted molar refractivity (Wildman–Crippen MR) is 74.9 cm³/mol. The van der Waals surface area contributed by atoms with E-state index in [0.717, 1.165) is 11.3 Å². The lowest BCUT2D eigenvalue weighted by atomic mass is 10.1. The quantitative estimate of drug-likeness (QED) is 0.786. The third-order valence-electron chi connectivity index (χ3n) is 3.09. The molecule has 1 aliphatic rings. The third kappa shape index (κ3) is 2.86. The number of hydrogen-bond donors (Lipinski definition) is 0. The van der Waals surface area contributed by atoms with Gasteiger partial charge in [0.2, 0.25) is 5.91 Å². The highest BCUT2D eigenvalue weighted by Gasteiger charge is 2.26. The normalized spacial score (nSPS) is 16.8. The molecule has 4 heteroatoms. The van der Waals surface area contributed by atoms with Crippen LogP contribution in [0, 0.1) is 5.92 Å². The molecule has 0 bridgehead atoms. The van der Waals surface area contributed by atoms with Crippen LogP contribution < -0.4 is 4.74 Å². The van der Waals surface area contributed by atoms with Gasteiger partial charge in [-0.3, -0.25) is 4.79 Å². The van der Waals surface area contributed by atoms with Gasteiger partial charge in [-0.1, -0.05) is 48.0 Å². The Kier molecular flexibility index (Phi) is 4.27. The van der Waals surface area contributed by atoms with Gasteiger partial charge in [-0.2, -0.15) is 0 Å². The smallest absolute Gasteiger partial charge is 0.237 e. The monoisotopic (exact) mass is 311 g/mol. The Hall–Kier alpha value is -1.03. The number of benzene rings is 1. The molecule has 0 saturated carbocycles. The first-order valence-corrected chi connectivity index (χ1v) is 7.14. The average Bonchev–Trinajstić information content (AvgIpc) is 2.58. The SMILES string of the molecule is CC(C)C(Br)C(=O)N1CCOc2ccccc2C1. The first-order chi connectivity index (χ1) is 8.59. The van der Waals surface area contributed by atoms with Crippen LogP contribution in [0.25, 0.3) is 0 Å². The number of ether oxygens (including phenoxy) is 1. The molecule has 3 nitrogen and oxygen atoms in total. The van der Waals surface area contributed by atoms with Gasteiger partial charge in [-0.05, 0) is 12.0 Å². The number of fused-ring (bicyclic) bond motifs is 1.